The fourth-order valence-electron chi connectivity index (χ4n) is 6.30. The molecule has 2 amide bonds. The van der Waals surface area contributed by atoms with E-state index in [0.717, 1.165) is 37.2 Å². The highest BCUT2D eigenvalue weighted by atomic mass is 32.2. The Bertz CT molecular complexity index is 1200. The van der Waals surface area contributed by atoms with Crippen molar-refractivity contribution in [3.63, 3.8) is 0 Å². The summed E-state index contributed by atoms with van der Waals surface area (Å²) in [7, 11) is -3.46. The first-order valence-electron chi connectivity index (χ1n) is 15.3. The average Bonchev–Trinajstić information content (AvgIpc) is 2.95. The lowest BCUT2D eigenvalue weighted by atomic mass is 9.82. The smallest absolute Gasteiger partial charge is 0.319 e. The molecule has 2 fully saturated rings. The summed E-state index contributed by atoms with van der Waals surface area (Å²) in [5.41, 5.74) is 2.22. The van der Waals surface area contributed by atoms with Crippen molar-refractivity contribution in [2.75, 3.05) is 5.32 Å². The highest BCUT2D eigenvalue weighted by molar-refractivity contribution is 7.90. The molecule has 6 nitrogen and oxygen atoms in total. The third-order valence-corrected chi connectivity index (χ3v) is 10.4. The molecule has 0 bridgehead atoms. The van der Waals surface area contributed by atoms with Gasteiger partial charge in [-0.05, 0) is 61.4 Å². The summed E-state index contributed by atoms with van der Waals surface area (Å²) in [5, 5.41) is 5.83. The number of rotatable bonds is 12. The van der Waals surface area contributed by atoms with Crippen LogP contribution in [0.5, 0.6) is 0 Å². The van der Waals surface area contributed by atoms with Crippen molar-refractivity contribution in [2.24, 2.45) is 11.8 Å². The minimum atomic E-state index is -3.46. The van der Waals surface area contributed by atoms with Crippen LogP contribution < -0.4 is 10.6 Å². The van der Waals surface area contributed by atoms with Gasteiger partial charge in [-0.25, -0.2) is 13.2 Å². The number of ketones is 1. The molecule has 2 saturated carbocycles. The summed E-state index contributed by atoms with van der Waals surface area (Å²) in [6.07, 6.45) is 15.7. The van der Waals surface area contributed by atoms with Gasteiger partial charge in [0, 0.05) is 12.1 Å². The van der Waals surface area contributed by atoms with Crippen molar-refractivity contribution < 1.29 is 18.0 Å². The number of amides is 2. The van der Waals surface area contributed by atoms with Crippen molar-refractivity contribution in [2.45, 2.75) is 114 Å². The topological polar surface area (TPSA) is 92.3 Å². The van der Waals surface area contributed by atoms with Crippen LogP contribution in [0.4, 0.5) is 10.5 Å². The highest BCUT2D eigenvalue weighted by Gasteiger charge is 2.26. The molecule has 0 saturated heterocycles. The van der Waals surface area contributed by atoms with Crippen molar-refractivity contribution in [3.8, 4) is 0 Å². The van der Waals surface area contributed by atoms with Crippen LogP contribution in [0.25, 0.3) is 0 Å². The molecular weight excluding hydrogens is 520 g/mol. The number of benzene rings is 2. The first-order chi connectivity index (χ1) is 19.3. The predicted octanol–water partition coefficient (Wildman–Crippen LogP) is 7.75. The fourth-order valence-corrected chi connectivity index (χ4v) is 7.65. The Balaban J connectivity index is 1.31. The van der Waals surface area contributed by atoms with Gasteiger partial charge in [0.2, 0.25) is 0 Å². The number of hydrogen-bond donors (Lipinski definition) is 2. The van der Waals surface area contributed by atoms with E-state index in [4.69, 9.17) is 0 Å². The standard InChI is InChI=1S/C33H46N2O4S/c1-25-15-21-30(22-16-25)40(38,39)24-28-17-19-29(20-18-28)34-33(37)35-31(23-27-11-6-3-7-12-27)32(36)14-8-13-26-9-4-2-5-10-26/h15-22,26-27,31H,2-14,23-24H2,1H3,(H2,34,35,37)/t31-/m1/s1. The van der Waals surface area contributed by atoms with E-state index < -0.39 is 15.9 Å². The van der Waals surface area contributed by atoms with Crippen LogP contribution in [0.3, 0.4) is 0 Å². The van der Waals surface area contributed by atoms with Crippen molar-refractivity contribution in [3.05, 3.63) is 59.7 Å². The van der Waals surface area contributed by atoms with Gasteiger partial charge >= 0.3 is 6.03 Å². The molecule has 1 atom stereocenters. The van der Waals surface area contributed by atoms with Crippen LogP contribution in [0.2, 0.25) is 0 Å². The maximum Gasteiger partial charge on any atom is 0.319 e. The first kappa shape index (κ1) is 30.3. The van der Waals surface area contributed by atoms with E-state index >= 15 is 0 Å². The number of urea groups is 1. The van der Waals surface area contributed by atoms with Crippen molar-refractivity contribution in [1.29, 1.82) is 0 Å². The largest absolute Gasteiger partial charge is 0.328 e. The van der Waals surface area contributed by atoms with Gasteiger partial charge < -0.3 is 10.6 Å². The van der Waals surface area contributed by atoms with Gasteiger partial charge in [0.1, 0.15) is 0 Å². The Labute approximate surface area is 240 Å². The molecule has 4 rings (SSSR count). The predicted molar refractivity (Wildman–Crippen MR) is 161 cm³/mol. The maximum absolute atomic E-state index is 13.3. The molecule has 0 radical (unpaired) electrons. The van der Waals surface area contributed by atoms with Gasteiger partial charge in [-0.1, -0.05) is 100 Å². The zero-order chi connectivity index (χ0) is 28.4. The number of hydrogen-bond acceptors (Lipinski definition) is 4. The summed E-state index contributed by atoms with van der Waals surface area (Å²) in [5.74, 6) is 1.27. The van der Waals surface area contributed by atoms with Gasteiger partial charge in [-0.2, -0.15) is 0 Å². The monoisotopic (exact) mass is 566 g/mol. The Morgan fingerprint density at radius 2 is 1.43 bits per heavy atom. The first-order valence-corrected chi connectivity index (χ1v) is 16.9. The van der Waals surface area contributed by atoms with Gasteiger partial charge in [0.05, 0.1) is 16.7 Å². The SMILES string of the molecule is Cc1ccc(S(=O)(=O)Cc2ccc(NC(=O)N[C@H](CC3CCCCC3)C(=O)CCCC3CCCCC3)cc2)cc1. The third-order valence-electron chi connectivity index (χ3n) is 8.70. The molecule has 0 aliphatic heterocycles. The molecule has 0 spiro atoms. The molecule has 0 aromatic heterocycles. The average molecular weight is 567 g/mol. The van der Waals surface area contributed by atoms with E-state index in [0.29, 0.717) is 34.9 Å². The molecule has 0 heterocycles. The second-order valence-corrected chi connectivity index (χ2v) is 14.0. The molecule has 2 aliphatic rings. The van der Waals surface area contributed by atoms with E-state index in [-0.39, 0.29) is 17.6 Å². The minimum Gasteiger partial charge on any atom is -0.328 e. The Morgan fingerprint density at radius 3 is 2.05 bits per heavy atom. The Morgan fingerprint density at radius 1 is 0.825 bits per heavy atom. The van der Waals surface area contributed by atoms with E-state index in [1.807, 2.05) is 6.92 Å². The zero-order valence-electron chi connectivity index (χ0n) is 24.0. The molecule has 218 valence electrons. The van der Waals surface area contributed by atoms with E-state index in [1.54, 1.807) is 48.5 Å². The van der Waals surface area contributed by atoms with E-state index in [9.17, 15) is 18.0 Å². The lowest BCUT2D eigenvalue weighted by Gasteiger charge is -2.27. The quantitative estimate of drug-likeness (QED) is 0.275. The summed E-state index contributed by atoms with van der Waals surface area (Å²) >= 11 is 0. The molecule has 2 aromatic rings. The van der Waals surface area contributed by atoms with Crippen LogP contribution in [0.1, 0.15) is 101 Å². The lowest BCUT2D eigenvalue weighted by Crippen LogP contribution is -2.44. The highest BCUT2D eigenvalue weighted by Crippen LogP contribution is 2.30. The number of anilines is 1. The van der Waals surface area contributed by atoms with E-state index in [2.05, 4.69) is 10.6 Å². The summed E-state index contributed by atoms with van der Waals surface area (Å²) in [6, 6.07) is 12.9. The molecule has 7 heteroatoms. The number of aryl methyl sites for hydroxylation is 1. The van der Waals surface area contributed by atoms with Crippen molar-refractivity contribution >= 4 is 27.3 Å². The molecule has 40 heavy (non-hydrogen) atoms. The Kier molecular flexibility index (Phi) is 11.2. The number of sulfone groups is 1. The molecule has 2 aromatic carbocycles. The lowest BCUT2D eigenvalue weighted by molar-refractivity contribution is -0.121. The van der Waals surface area contributed by atoms with Gasteiger partial charge in [0.25, 0.3) is 0 Å². The van der Waals surface area contributed by atoms with Crippen LogP contribution in [0.15, 0.2) is 53.4 Å². The van der Waals surface area contributed by atoms with Gasteiger partial charge in [0.15, 0.2) is 15.6 Å². The van der Waals surface area contributed by atoms with Crippen LogP contribution >= 0.6 is 0 Å². The second-order valence-electron chi connectivity index (χ2n) is 12.0. The van der Waals surface area contributed by atoms with E-state index in [1.165, 1.54) is 51.4 Å². The number of nitrogens with one attached hydrogen (secondary N) is 2. The molecule has 2 aliphatic carbocycles. The number of carbonyl (C=O) groups is 2. The molecule has 0 unspecified atom stereocenters. The summed E-state index contributed by atoms with van der Waals surface area (Å²) in [4.78, 5) is 26.5. The minimum absolute atomic E-state index is 0.110. The summed E-state index contributed by atoms with van der Waals surface area (Å²) in [6.45, 7) is 1.92. The van der Waals surface area contributed by atoms with Gasteiger partial charge in [-0.3, -0.25) is 4.79 Å². The summed E-state index contributed by atoms with van der Waals surface area (Å²) < 4.78 is 25.6. The normalized spacial score (nSPS) is 17.7. The van der Waals surface area contributed by atoms with Crippen LogP contribution in [-0.4, -0.2) is 26.3 Å². The molecule has 2 N–H and O–H groups in total. The second kappa shape index (κ2) is 14.8. The maximum atomic E-state index is 13.3. The van der Waals surface area contributed by atoms with Crippen LogP contribution in [0, 0.1) is 18.8 Å². The zero-order valence-corrected chi connectivity index (χ0v) is 24.8. The fraction of sp³-hybridized carbons (Fsp3) is 0.576. The number of Topliss-reactive ketones (excluding diaryl/α,β-unsaturated/α-hetero) is 1. The molecular formula is C33H46N2O4S. The van der Waals surface area contributed by atoms with Crippen LogP contribution in [-0.2, 0) is 20.4 Å². The van der Waals surface area contributed by atoms with Crippen molar-refractivity contribution in [1.82, 2.24) is 5.32 Å². The van der Waals surface area contributed by atoms with Gasteiger partial charge in [-0.15, -0.1) is 0 Å². The number of carbonyl (C=O) groups excluding carboxylic acids is 2. The Hall–Kier alpha value is -2.67. The third kappa shape index (κ3) is 9.46.